The lowest BCUT2D eigenvalue weighted by atomic mass is 9.98. The quantitative estimate of drug-likeness (QED) is 0.753. The topological polar surface area (TPSA) is 30.5 Å². The lowest BCUT2D eigenvalue weighted by molar-refractivity contribution is 0.391. The molecule has 0 spiro atoms. The highest BCUT2D eigenvalue weighted by Crippen LogP contribution is 2.31. The fourth-order valence-electron chi connectivity index (χ4n) is 2.34. The van der Waals surface area contributed by atoms with Crippen molar-refractivity contribution < 1.29 is 9.47 Å². The van der Waals surface area contributed by atoms with Gasteiger partial charge in [-0.1, -0.05) is 12.1 Å². The first-order valence-corrected chi connectivity index (χ1v) is 7.89. The second-order valence-electron chi connectivity index (χ2n) is 4.78. The largest absolute Gasteiger partial charge is 0.497 e. The van der Waals surface area contributed by atoms with Gasteiger partial charge in [0.2, 0.25) is 0 Å². The summed E-state index contributed by atoms with van der Waals surface area (Å²) in [5.74, 6) is 1.72. The molecule has 1 N–H and O–H groups in total. The molecule has 4 heteroatoms. The number of rotatable bonds is 6. The Kier molecular flexibility index (Phi) is 5.87. The van der Waals surface area contributed by atoms with E-state index in [4.69, 9.17) is 9.47 Å². The zero-order chi connectivity index (χ0) is 15.2. The molecule has 3 nitrogen and oxygen atoms in total. The van der Waals surface area contributed by atoms with E-state index < -0.39 is 0 Å². The maximum Gasteiger partial charge on any atom is 0.123 e. The van der Waals surface area contributed by atoms with Crippen molar-refractivity contribution in [3.05, 3.63) is 57.2 Å². The van der Waals surface area contributed by atoms with E-state index in [9.17, 15) is 0 Å². The lowest BCUT2D eigenvalue weighted by Gasteiger charge is -2.20. The number of nitrogens with one attached hydrogen (secondary N) is 1. The molecule has 0 saturated heterocycles. The number of benzene rings is 2. The molecule has 21 heavy (non-hydrogen) atoms. The van der Waals surface area contributed by atoms with Crippen LogP contribution >= 0.6 is 22.6 Å². The first-order chi connectivity index (χ1) is 10.2. The molecule has 0 aliphatic rings. The Hall–Kier alpha value is -1.27. The van der Waals surface area contributed by atoms with Crippen LogP contribution in [0.1, 0.15) is 17.2 Å². The summed E-state index contributed by atoms with van der Waals surface area (Å²) in [5.41, 5.74) is 2.40. The van der Waals surface area contributed by atoms with Crippen molar-refractivity contribution in [2.24, 2.45) is 0 Å². The molecule has 0 radical (unpaired) electrons. The molecule has 0 aliphatic heterocycles. The van der Waals surface area contributed by atoms with Crippen LogP contribution in [0.2, 0.25) is 0 Å². The third-order valence-electron chi connectivity index (χ3n) is 3.51. The van der Waals surface area contributed by atoms with E-state index in [0.717, 1.165) is 23.5 Å². The van der Waals surface area contributed by atoms with E-state index >= 15 is 0 Å². The maximum atomic E-state index is 5.49. The zero-order valence-electron chi connectivity index (χ0n) is 12.5. The van der Waals surface area contributed by atoms with Crippen LogP contribution in [-0.4, -0.2) is 21.3 Å². The van der Waals surface area contributed by atoms with Gasteiger partial charge in [0.05, 0.1) is 14.2 Å². The van der Waals surface area contributed by atoms with Gasteiger partial charge in [-0.05, 0) is 72.0 Å². The monoisotopic (exact) mass is 397 g/mol. The van der Waals surface area contributed by atoms with Crippen molar-refractivity contribution in [1.29, 1.82) is 0 Å². The van der Waals surface area contributed by atoms with Crippen LogP contribution in [0, 0.1) is 3.57 Å². The van der Waals surface area contributed by atoms with Gasteiger partial charge in [0.15, 0.2) is 0 Å². The SMILES string of the molecule is CNC(Cc1ccc(I)cc1)c1cc(OC)ccc1OC. The molecule has 0 fully saturated rings. The van der Waals surface area contributed by atoms with E-state index in [-0.39, 0.29) is 6.04 Å². The summed E-state index contributed by atoms with van der Waals surface area (Å²) < 4.78 is 12.1. The summed E-state index contributed by atoms with van der Waals surface area (Å²) in [5, 5.41) is 3.37. The zero-order valence-corrected chi connectivity index (χ0v) is 14.7. The molecule has 0 aliphatic carbocycles. The van der Waals surface area contributed by atoms with Gasteiger partial charge >= 0.3 is 0 Å². The van der Waals surface area contributed by atoms with Crippen LogP contribution in [0.5, 0.6) is 11.5 Å². The summed E-state index contributed by atoms with van der Waals surface area (Å²) in [6.45, 7) is 0. The van der Waals surface area contributed by atoms with Gasteiger partial charge < -0.3 is 14.8 Å². The second kappa shape index (κ2) is 7.66. The number of ether oxygens (including phenoxy) is 2. The summed E-state index contributed by atoms with van der Waals surface area (Å²) in [6, 6.07) is 14.7. The molecule has 0 amide bonds. The minimum absolute atomic E-state index is 0.176. The van der Waals surface area contributed by atoms with E-state index in [1.807, 2.05) is 25.2 Å². The molecule has 112 valence electrons. The van der Waals surface area contributed by atoms with Gasteiger partial charge in [0, 0.05) is 15.2 Å². The molecule has 1 atom stereocenters. The predicted octanol–water partition coefficient (Wildman–Crippen LogP) is 3.81. The second-order valence-corrected chi connectivity index (χ2v) is 6.03. The van der Waals surface area contributed by atoms with Crippen molar-refractivity contribution in [1.82, 2.24) is 5.32 Å². The fourth-order valence-corrected chi connectivity index (χ4v) is 2.70. The van der Waals surface area contributed by atoms with Gasteiger partial charge in [-0.2, -0.15) is 0 Å². The number of methoxy groups -OCH3 is 2. The highest BCUT2D eigenvalue weighted by atomic mass is 127. The normalized spacial score (nSPS) is 12.0. The first-order valence-electron chi connectivity index (χ1n) is 6.81. The number of halogens is 1. The predicted molar refractivity (Wildman–Crippen MR) is 94.2 cm³/mol. The highest BCUT2D eigenvalue weighted by molar-refractivity contribution is 14.1. The minimum Gasteiger partial charge on any atom is -0.497 e. The average molecular weight is 397 g/mol. The van der Waals surface area contributed by atoms with E-state index in [2.05, 4.69) is 52.2 Å². The lowest BCUT2D eigenvalue weighted by Crippen LogP contribution is -2.19. The standard InChI is InChI=1S/C17H20INO2/c1-19-16(10-12-4-6-13(18)7-5-12)15-11-14(20-2)8-9-17(15)21-3/h4-9,11,16,19H,10H2,1-3H3. The van der Waals surface area contributed by atoms with Crippen molar-refractivity contribution in [2.75, 3.05) is 21.3 Å². The number of hydrogen-bond donors (Lipinski definition) is 1. The molecule has 2 aromatic carbocycles. The van der Waals surface area contributed by atoms with Crippen LogP contribution in [0.4, 0.5) is 0 Å². The van der Waals surface area contributed by atoms with E-state index in [1.54, 1.807) is 14.2 Å². The van der Waals surface area contributed by atoms with Crippen molar-refractivity contribution >= 4 is 22.6 Å². The first kappa shape index (κ1) is 16.1. The highest BCUT2D eigenvalue weighted by Gasteiger charge is 2.16. The molecule has 0 saturated carbocycles. The van der Waals surface area contributed by atoms with Crippen molar-refractivity contribution in [3.63, 3.8) is 0 Å². The Morgan fingerprint density at radius 3 is 2.33 bits per heavy atom. The molecule has 2 aromatic rings. The van der Waals surface area contributed by atoms with E-state index in [0.29, 0.717) is 0 Å². The molecule has 1 unspecified atom stereocenters. The van der Waals surface area contributed by atoms with Crippen LogP contribution in [0.25, 0.3) is 0 Å². The summed E-state index contributed by atoms with van der Waals surface area (Å²) in [6.07, 6.45) is 0.900. The van der Waals surface area contributed by atoms with Crippen LogP contribution in [0.3, 0.4) is 0 Å². The Balaban J connectivity index is 2.29. The molecule has 0 heterocycles. The Morgan fingerprint density at radius 1 is 1.05 bits per heavy atom. The Labute approximate surface area is 139 Å². The van der Waals surface area contributed by atoms with Crippen molar-refractivity contribution in [2.45, 2.75) is 12.5 Å². The van der Waals surface area contributed by atoms with Crippen LogP contribution in [0.15, 0.2) is 42.5 Å². The van der Waals surface area contributed by atoms with Gasteiger partial charge in [0.1, 0.15) is 11.5 Å². The average Bonchev–Trinajstić information content (AvgIpc) is 2.53. The summed E-state index contributed by atoms with van der Waals surface area (Å²) >= 11 is 2.32. The Morgan fingerprint density at radius 2 is 1.76 bits per heavy atom. The molecular weight excluding hydrogens is 377 g/mol. The molecule has 2 rings (SSSR count). The van der Waals surface area contributed by atoms with E-state index in [1.165, 1.54) is 9.13 Å². The van der Waals surface area contributed by atoms with Gasteiger partial charge in [-0.3, -0.25) is 0 Å². The molecular formula is C17H20INO2. The van der Waals surface area contributed by atoms with Gasteiger partial charge in [-0.15, -0.1) is 0 Å². The fraction of sp³-hybridized carbons (Fsp3) is 0.294. The third kappa shape index (κ3) is 4.11. The van der Waals surface area contributed by atoms with Crippen LogP contribution < -0.4 is 14.8 Å². The van der Waals surface area contributed by atoms with Gasteiger partial charge in [0.25, 0.3) is 0 Å². The minimum atomic E-state index is 0.176. The molecule has 0 aromatic heterocycles. The van der Waals surface area contributed by atoms with Crippen LogP contribution in [-0.2, 0) is 6.42 Å². The summed E-state index contributed by atoms with van der Waals surface area (Å²) in [4.78, 5) is 0. The smallest absolute Gasteiger partial charge is 0.123 e. The van der Waals surface area contributed by atoms with Crippen molar-refractivity contribution in [3.8, 4) is 11.5 Å². The number of hydrogen-bond acceptors (Lipinski definition) is 3. The van der Waals surface area contributed by atoms with Gasteiger partial charge in [-0.25, -0.2) is 0 Å². The molecule has 0 bridgehead atoms. The summed E-state index contributed by atoms with van der Waals surface area (Å²) in [7, 11) is 5.35. The number of likely N-dealkylation sites (N-methyl/N-ethyl adjacent to an activating group) is 1. The Bertz CT molecular complexity index is 584. The maximum absolute atomic E-state index is 5.49. The third-order valence-corrected chi connectivity index (χ3v) is 4.23.